The Morgan fingerprint density at radius 3 is 2.80 bits per heavy atom. The maximum atomic E-state index is 13.0. The average Bonchev–Trinajstić information content (AvgIpc) is 3.15. The molecular weight excluding hydrogens is 314 g/mol. The first-order valence-corrected chi connectivity index (χ1v) is 9.05. The number of likely N-dealkylation sites (tertiary alicyclic amines) is 2. The van der Waals surface area contributed by atoms with Crippen LogP contribution in [-0.2, 0) is 4.79 Å². The Balaban J connectivity index is 1.60. The molecule has 0 aliphatic carbocycles. The highest BCUT2D eigenvalue weighted by atomic mass is 16.2. The van der Waals surface area contributed by atoms with Gasteiger partial charge in [-0.1, -0.05) is 0 Å². The molecule has 2 amide bonds. The normalized spacial score (nSPS) is 23.9. The SMILES string of the molecule is Cc1[nH]c2ccc(C(=O)N3CC[C@]4(CCCN(C)C4=O)C3)cc2c1C. The van der Waals surface area contributed by atoms with Gasteiger partial charge in [0.05, 0.1) is 5.41 Å². The van der Waals surface area contributed by atoms with Gasteiger partial charge in [0.2, 0.25) is 5.91 Å². The predicted molar refractivity (Wildman–Crippen MR) is 97.6 cm³/mol. The van der Waals surface area contributed by atoms with Crippen molar-refractivity contribution in [2.75, 3.05) is 26.7 Å². The molecule has 132 valence electrons. The summed E-state index contributed by atoms with van der Waals surface area (Å²) in [5, 5.41) is 1.10. The van der Waals surface area contributed by atoms with Crippen molar-refractivity contribution in [3.8, 4) is 0 Å². The minimum atomic E-state index is -0.354. The molecule has 1 spiro atoms. The number of carbonyl (C=O) groups is 2. The summed E-state index contributed by atoms with van der Waals surface area (Å²) in [5.41, 5.74) is 3.74. The summed E-state index contributed by atoms with van der Waals surface area (Å²) in [4.78, 5) is 32.7. The Morgan fingerprint density at radius 2 is 2.00 bits per heavy atom. The first-order valence-electron chi connectivity index (χ1n) is 9.05. The van der Waals surface area contributed by atoms with E-state index in [4.69, 9.17) is 0 Å². The highest BCUT2D eigenvalue weighted by Crippen LogP contribution is 2.40. The lowest BCUT2D eigenvalue weighted by Crippen LogP contribution is -2.48. The fourth-order valence-electron chi connectivity index (χ4n) is 4.47. The van der Waals surface area contributed by atoms with Crippen LogP contribution in [-0.4, -0.2) is 53.3 Å². The largest absolute Gasteiger partial charge is 0.358 e. The predicted octanol–water partition coefficient (Wildman–Crippen LogP) is 2.87. The number of aryl methyl sites for hydroxylation is 2. The van der Waals surface area contributed by atoms with Crippen LogP contribution in [0, 0.1) is 19.3 Å². The molecule has 2 saturated heterocycles. The van der Waals surface area contributed by atoms with Gasteiger partial charge < -0.3 is 14.8 Å². The van der Waals surface area contributed by atoms with Crippen LogP contribution < -0.4 is 0 Å². The first-order chi connectivity index (χ1) is 11.9. The van der Waals surface area contributed by atoms with Crippen molar-refractivity contribution in [2.24, 2.45) is 5.41 Å². The summed E-state index contributed by atoms with van der Waals surface area (Å²) < 4.78 is 0. The summed E-state index contributed by atoms with van der Waals surface area (Å²) in [7, 11) is 1.87. The lowest BCUT2D eigenvalue weighted by molar-refractivity contribution is -0.143. The van der Waals surface area contributed by atoms with Gasteiger partial charge in [-0.05, 0) is 56.9 Å². The van der Waals surface area contributed by atoms with E-state index in [-0.39, 0.29) is 17.2 Å². The second-order valence-electron chi connectivity index (χ2n) is 7.72. The van der Waals surface area contributed by atoms with Crippen LogP contribution >= 0.6 is 0 Å². The Hall–Kier alpha value is -2.30. The van der Waals surface area contributed by atoms with E-state index in [2.05, 4.69) is 11.9 Å². The number of hydrogen-bond acceptors (Lipinski definition) is 2. The van der Waals surface area contributed by atoms with Gasteiger partial charge in [0.1, 0.15) is 0 Å². The number of H-pyrrole nitrogens is 1. The Bertz CT molecular complexity index is 869. The summed E-state index contributed by atoms with van der Waals surface area (Å²) in [6.45, 7) is 6.17. The third-order valence-electron chi connectivity index (χ3n) is 6.15. The van der Waals surface area contributed by atoms with Gasteiger partial charge in [0.25, 0.3) is 5.91 Å². The van der Waals surface area contributed by atoms with E-state index in [0.29, 0.717) is 18.7 Å². The number of rotatable bonds is 1. The molecule has 5 heteroatoms. The second-order valence-corrected chi connectivity index (χ2v) is 7.72. The maximum absolute atomic E-state index is 13.0. The van der Waals surface area contributed by atoms with Crippen molar-refractivity contribution in [2.45, 2.75) is 33.1 Å². The number of nitrogens with one attached hydrogen (secondary N) is 1. The lowest BCUT2D eigenvalue weighted by Gasteiger charge is -2.37. The number of hydrogen-bond donors (Lipinski definition) is 1. The summed E-state index contributed by atoms with van der Waals surface area (Å²) >= 11 is 0. The molecule has 2 aliphatic rings. The van der Waals surface area contributed by atoms with E-state index in [1.165, 1.54) is 5.56 Å². The van der Waals surface area contributed by atoms with Gasteiger partial charge in [-0.25, -0.2) is 0 Å². The fourth-order valence-corrected chi connectivity index (χ4v) is 4.47. The number of fused-ring (bicyclic) bond motifs is 1. The van der Waals surface area contributed by atoms with Crippen LogP contribution in [0.3, 0.4) is 0 Å². The van der Waals surface area contributed by atoms with Gasteiger partial charge in [-0.15, -0.1) is 0 Å². The van der Waals surface area contributed by atoms with Crippen LogP contribution in [0.5, 0.6) is 0 Å². The van der Waals surface area contributed by atoms with Gasteiger partial charge in [0, 0.05) is 48.8 Å². The van der Waals surface area contributed by atoms with Crippen LogP contribution in [0.15, 0.2) is 18.2 Å². The van der Waals surface area contributed by atoms with Gasteiger partial charge >= 0.3 is 0 Å². The third kappa shape index (κ3) is 2.44. The van der Waals surface area contributed by atoms with E-state index >= 15 is 0 Å². The number of nitrogens with zero attached hydrogens (tertiary/aromatic N) is 2. The molecule has 0 saturated carbocycles. The molecule has 1 aromatic carbocycles. The molecular formula is C20H25N3O2. The van der Waals surface area contributed by atoms with Crippen molar-refractivity contribution in [1.82, 2.24) is 14.8 Å². The van der Waals surface area contributed by atoms with Crippen molar-refractivity contribution < 1.29 is 9.59 Å². The lowest BCUT2D eigenvalue weighted by atomic mass is 9.78. The summed E-state index contributed by atoms with van der Waals surface area (Å²) in [6.07, 6.45) is 2.71. The number of carbonyl (C=O) groups excluding carboxylic acids is 2. The van der Waals surface area contributed by atoms with Gasteiger partial charge in [0.15, 0.2) is 0 Å². The molecule has 1 N–H and O–H groups in total. The van der Waals surface area contributed by atoms with E-state index in [1.54, 1.807) is 0 Å². The standard InChI is InChI=1S/C20H25N3O2/c1-13-14(2)21-17-6-5-15(11-16(13)17)18(24)23-10-8-20(12-23)7-4-9-22(3)19(20)25/h5-6,11,21H,4,7-10,12H2,1-3H3/t20-/m1/s1. The fraction of sp³-hybridized carbons (Fsp3) is 0.500. The first kappa shape index (κ1) is 16.2. The summed E-state index contributed by atoms with van der Waals surface area (Å²) in [5.74, 6) is 0.250. The second kappa shape index (κ2) is 5.61. The van der Waals surface area contributed by atoms with E-state index in [9.17, 15) is 9.59 Å². The topological polar surface area (TPSA) is 56.4 Å². The van der Waals surface area contributed by atoms with Crippen LogP contribution in [0.1, 0.15) is 40.9 Å². The molecule has 0 bridgehead atoms. The van der Waals surface area contributed by atoms with Crippen LogP contribution in [0.4, 0.5) is 0 Å². The number of aromatic amines is 1. The molecule has 1 aromatic heterocycles. The minimum Gasteiger partial charge on any atom is -0.358 e. The number of aromatic nitrogens is 1. The zero-order valence-electron chi connectivity index (χ0n) is 15.2. The third-order valence-corrected chi connectivity index (χ3v) is 6.15. The highest BCUT2D eigenvalue weighted by molar-refractivity contribution is 5.99. The van der Waals surface area contributed by atoms with Crippen molar-refractivity contribution >= 4 is 22.7 Å². The molecule has 2 fully saturated rings. The van der Waals surface area contributed by atoms with E-state index in [1.807, 2.05) is 42.0 Å². The Labute approximate surface area is 148 Å². The average molecular weight is 339 g/mol. The quantitative estimate of drug-likeness (QED) is 0.868. The molecule has 3 heterocycles. The zero-order valence-corrected chi connectivity index (χ0v) is 15.2. The molecule has 2 aromatic rings. The molecule has 0 unspecified atom stereocenters. The Morgan fingerprint density at radius 1 is 1.20 bits per heavy atom. The Kier molecular flexibility index (Phi) is 3.63. The molecule has 1 atom stereocenters. The molecule has 4 rings (SSSR count). The van der Waals surface area contributed by atoms with Gasteiger partial charge in [-0.2, -0.15) is 0 Å². The number of amides is 2. The van der Waals surface area contributed by atoms with Gasteiger partial charge in [-0.3, -0.25) is 9.59 Å². The van der Waals surface area contributed by atoms with Crippen LogP contribution in [0.25, 0.3) is 10.9 Å². The molecule has 2 aliphatic heterocycles. The van der Waals surface area contributed by atoms with Crippen molar-refractivity contribution in [3.05, 3.63) is 35.0 Å². The van der Waals surface area contributed by atoms with Crippen molar-refractivity contribution in [3.63, 3.8) is 0 Å². The zero-order chi connectivity index (χ0) is 17.8. The minimum absolute atomic E-state index is 0.0399. The smallest absolute Gasteiger partial charge is 0.253 e. The van der Waals surface area contributed by atoms with Crippen LogP contribution in [0.2, 0.25) is 0 Å². The molecule has 0 radical (unpaired) electrons. The number of piperidine rings is 1. The number of benzene rings is 1. The van der Waals surface area contributed by atoms with E-state index in [0.717, 1.165) is 42.4 Å². The van der Waals surface area contributed by atoms with E-state index < -0.39 is 0 Å². The highest BCUT2D eigenvalue weighted by Gasteiger charge is 2.48. The monoisotopic (exact) mass is 339 g/mol. The maximum Gasteiger partial charge on any atom is 0.253 e. The molecule has 5 nitrogen and oxygen atoms in total. The van der Waals surface area contributed by atoms with Crippen molar-refractivity contribution in [1.29, 1.82) is 0 Å². The summed E-state index contributed by atoms with van der Waals surface area (Å²) in [6, 6.07) is 5.85. The molecule has 25 heavy (non-hydrogen) atoms.